The van der Waals surface area contributed by atoms with E-state index in [1.54, 1.807) is 5.56 Å². The molecule has 0 saturated heterocycles. The second-order valence-electron chi connectivity index (χ2n) is 14.6. The molecule has 0 saturated carbocycles. The second kappa shape index (κ2) is 34.3. The third-order valence-corrected chi connectivity index (χ3v) is 10.1. The number of nitrogens with zero attached hydrogens (tertiary/aromatic N) is 1. The second-order valence-corrected chi connectivity index (χ2v) is 14.6. The van der Waals surface area contributed by atoms with Gasteiger partial charge in [0.05, 0.1) is 19.6 Å². The van der Waals surface area contributed by atoms with E-state index in [1.807, 2.05) is 0 Å². The molecule has 270 valence electrons. The molecule has 1 heteroatoms. The SMILES string of the molecule is CC/C=C/CCCCCCCCC[N+](CCCCCCCCC/C=C/CC)(CCCCCCCCC/C=C/CC)Cc1ccccc1. The predicted octanol–water partition coefficient (Wildman–Crippen LogP) is 15.3. The first-order valence-electron chi connectivity index (χ1n) is 21.1. The van der Waals surface area contributed by atoms with Crippen LogP contribution >= 0.6 is 0 Å². The summed E-state index contributed by atoms with van der Waals surface area (Å²) < 4.78 is 1.33. The van der Waals surface area contributed by atoms with Crippen molar-refractivity contribution in [3.8, 4) is 0 Å². The maximum Gasteiger partial charge on any atom is 0.104 e. The van der Waals surface area contributed by atoms with Gasteiger partial charge in [0.25, 0.3) is 0 Å². The fourth-order valence-corrected chi connectivity index (χ4v) is 7.18. The van der Waals surface area contributed by atoms with Crippen LogP contribution in [-0.4, -0.2) is 24.1 Å². The maximum absolute atomic E-state index is 2.40. The van der Waals surface area contributed by atoms with Crippen molar-refractivity contribution in [1.82, 2.24) is 0 Å². The zero-order chi connectivity index (χ0) is 33.8. The number of allylic oxidation sites excluding steroid dienone is 6. The van der Waals surface area contributed by atoms with E-state index in [1.165, 1.54) is 204 Å². The first-order valence-corrected chi connectivity index (χ1v) is 21.1. The average molecular weight is 649 g/mol. The highest BCUT2D eigenvalue weighted by Gasteiger charge is 2.26. The molecular weight excluding hydrogens is 567 g/mol. The maximum atomic E-state index is 2.40. The van der Waals surface area contributed by atoms with Gasteiger partial charge in [0.1, 0.15) is 6.54 Å². The molecule has 0 aliphatic carbocycles. The van der Waals surface area contributed by atoms with Gasteiger partial charge >= 0.3 is 0 Å². The molecule has 0 aromatic heterocycles. The number of rotatable bonds is 35. The standard InChI is InChI=1S/C46H82N/c1-4-7-10-13-16-19-22-25-28-31-37-42-47(45-46-40-35-34-36-41-46,43-38-32-29-26-23-20-17-14-11-8-5-2)44-39-33-30-27-24-21-18-15-12-9-6-3/h7-12,34-36,40-41H,4-6,13-33,37-39,42-45H2,1-3H3/q+1/b10-7+,11-8+,12-9+. The fourth-order valence-electron chi connectivity index (χ4n) is 7.18. The summed E-state index contributed by atoms with van der Waals surface area (Å²) in [5.74, 6) is 0. The van der Waals surface area contributed by atoms with Crippen LogP contribution in [0.4, 0.5) is 0 Å². The molecule has 0 aliphatic heterocycles. The van der Waals surface area contributed by atoms with Gasteiger partial charge in [-0.2, -0.15) is 0 Å². The van der Waals surface area contributed by atoms with Crippen LogP contribution in [0.3, 0.4) is 0 Å². The summed E-state index contributed by atoms with van der Waals surface area (Å²) in [5.41, 5.74) is 1.55. The van der Waals surface area contributed by atoms with Gasteiger partial charge < -0.3 is 4.48 Å². The minimum absolute atomic E-state index is 1.18. The minimum Gasteiger partial charge on any atom is -0.320 e. The Balaban J connectivity index is 2.59. The smallest absolute Gasteiger partial charge is 0.104 e. The Bertz CT molecular complexity index is 755. The van der Waals surface area contributed by atoms with Gasteiger partial charge in [-0.05, 0) is 96.3 Å². The number of hydrogen-bond acceptors (Lipinski definition) is 0. The highest BCUT2D eigenvalue weighted by Crippen LogP contribution is 2.23. The molecule has 0 bridgehead atoms. The molecule has 1 rings (SSSR count). The molecule has 0 spiro atoms. The molecule has 1 aromatic rings. The molecule has 0 unspecified atom stereocenters. The number of hydrogen-bond donors (Lipinski definition) is 0. The molecule has 1 nitrogen and oxygen atoms in total. The van der Waals surface area contributed by atoms with Crippen LogP contribution < -0.4 is 0 Å². The van der Waals surface area contributed by atoms with Crippen LogP contribution in [0.2, 0.25) is 0 Å². The van der Waals surface area contributed by atoms with Crippen LogP contribution in [0, 0.1) is 0 Å². The summed E-state index contributed by atoms with van der Waals surface area (Å²) in [5, 5.41) is 0. The molecule has 0 aliphatic rings. The summed E-state index contributed by atoms with van der Waals surface area (Å²) in [7, 11) is 0. The van der Waals surface area contributed by atoms with E-state index in [9.17, 15) is 0 Å². The lowest BCUT2D eigenvalue weighted by Gasteiger charge is -2.39. The van der Waals surface area contributed by atoms with Crippen LogP contribution in [-0.2, 0) is 6.54 Å². The first kappa shape index (κ1) is 43.4. The van der Waals surface area contributed by atoms with E-state index in [0.29, 0.717) is 0 Å². The summed E-state index contributed by atoms with van der Waals surface area (Å²) >= 11 is 0. The van der Waals surface area contributed by atoms with Gasteiger partial charge in [0, 0.05) is 5.56 Å². The monoisotopic (exact) mass is 649 g/mol. The largest absolute Gasteiger partial charge is 0.320 e. The summed E-state index contributed by atoms with van der Waals surface area (Å²) in [6, 6.07) is 11.5. The Kier molecular flexibility index (Phi) is 31.7. The van der Waals surface area contributed by atoms with E-state index in [0.717, 1.165) is 0 Å². The van der Waals surface area contributed by atoms with E-state index < -0.39 is 0 Å². The van der Waals surface area contributed by atoms with Gasteiger partial charge in [-0.1, -0.05) is 165 Å². The van der Waals surface area contributed by atoms with Crippen molar-refractivity contribution >= 4 is 0 Å². The molecule has 0 fully saturated rings. The fraction of sp³-hybridized carbons (Fsp3) is 0.739. The highest BCUT2D eigenvalue weighted by molar-refractivity contribution is 5.13. The summed E-state index contributed by atoms with van der Waals surface area (Å²) in [4.78, 5) is 0. The van der Waals surface area contributed by atoms with Crippen molar-refractivity contribution in [3.63, 3.8) is 0 Å². The predicted molar refractivity (Wildman–Crippen MR) is 214 cm³/mol. The number of unbranched alkanes of at least 4 members (excludes halogenated alkanes) is 21. The average Bonchev–Trinajstić information content (AvgIpc) is 3.09. The van der Waals surface area contributed by atoms with Crippen LogP contribution in [0.5, 0.6) is 0 Å². The molecule has 1 aromatic carbocycles. The molecule has 0 heterocycles. The minimum atomic E-state index is 1.18. The molecular formula is C46H82N+. The van der Waals surface area contributed by atoms with Gasteiger partial charge in [0.2, 0.25) is 0 Å². The van der Waals surface area contributed by atoms with Crippen molar-refractivity contribution in [1.29, 1.82) is 0 Å². The lowest BCUT2D eigenvalue weighted by Crippen LogP contribution is -2.49. The van der Waals surface area contributed by atoms with Crippen molar-refractivity contribution in [2.45, 2.75) is 201 Å². The molecule has 0 amide bonds. The lowest BCUT2D eigenvalue weighted by atomic mass is 10.0. The molecule has 0 N–H and O–H groups in total. The van der Waals surface area contributed by atoms with Crippen molar-refractivity contribution < 1.29 is 4.48 Å². The van der Waals surface area contributed by atoms with Crippen molar-refractivity contribution in [2.24, 2.45) is 0 Å². The van der Waals surface area contributed by atoms with E-state index >= 15 is 0 Å². The Morgan fingerprint density at radius 1 is 0.362 bits per heavy atom. The third kappa shape index (κ3) is 28.0. The number of benzene rings is 1. The van der Waals surface area contributed by atoms with Crippen molar-refractivity contribution in [2.75, 3.05) is 19.6 Å². The Morgan fingerprint density at radius 3 is 0.979 bits per heavy atom. The molecule has 47 heavy (non-hydrogen) atoms. The van der Waals surface area contributed by atoms with Crippen LogP contribution in [0.15, 0.2) is 66.8 Å². The van der Waals surface area contributed by atoms with Gasteiger partial charge in [-0.15, -0.1) is 0 Å². The lowest BCUT2D eigenvalue weighted by molar-refractivity contribution is -0.941. The Labute approximate surface area is 296 Å². The topological polar surface area (TPSA) is 0 Å². The summed E-state index contributed by atoms with van der Waals surface area (Å²) in [6.07, 6.45) is 51.2. The van der Waals surface area contributed by atoms with E-state index in [2.05, 4.69) is 87.6 Å². The zero-order valence-corrected chi connectivity index (χ0v) is 32.2. The quantitative estimate of drug-likeness (QED) is 0.0390. The third-order valence-electron chi connectivity index (χ3n) is 10.1. The first-order chi connectivity index (χ1) is 23.3. The van der Waals surface area contributed by atoms with Gasteiger partial charge in [0.15, 0.2) is 0 Å². The van der Waals surface area contributed by atoms with Crippen LogP contribution in [0.1, 0.15) is 200 Å². The van der Waals surface area contributed by atoms with Gasteiger partial charge in [-0.25, -0.2) is 0 Å². The zero-order valence-electron chi connectivity index (χ0n) is 32.2. The highest BCUT2D eigenvalue weighted by atomic mass is 15.3. The molecule has 0 radical (unpaired) electrons. The molecule has 0 atom stereocenters. The van der Waals surface area contributed by atoms with E-state index in [4.69, 9.17) is 0 Å². The normalized spacial score (nSPS) is 12.4. The van der Waals surface area contributed by atoms with Crippen LogP contribution in [0.25, 0.3) is 0 Å². The van der Waals surface area contributed by atoms with Gasteiger partial charge in [-0.3, -0.25) is 0 Å². The Morgan fingerprint density at radius 2 is 0.660 bits per heavy atom. The van der Waals surface area contributed by atoms with E-state index in [-0.39, 0.29) is 0 Å². The van der Waals surface area contributed by atoms with Crippen molar-refractivity contribution in [3.05, 3.63) is 72.4 Å². The summed E-state index contributed by atoms with van der Waals surface area (Å²) in [6.45, 7) is 12.1. The number of quaternary nitrogens is 1. The Hall–Kier alpha value is -1.60.